The molecule has 0 radical (unpaired) electrons. The summed E-state index contributed by atoms with van der Waals surface area (Å²) in [5, 5.41) is 2.85. The Morgan fingerprint density at radius 1 is 1.00 bits per heavy atom. The Bertz CT molecular complexity index is 937. The minimum atomic E-state index is -3.53. The van der Waals surface area contributed by atoms with Crippen LogP contribution in [0.25, 0.3) is 0 Å². The standard InChI is InChI=1S/C23H33N3O3S/c1-17(2)20-9-7-19(8-10-20)15-25(5)16-23(27)24-21-11-13-22(14-12-21)30(28,29)26(6)18(3)4/h7-14,17-18H,15-16H2,1-6H3,(H,24,27)/p+1. The van der Waals surface area contributed by atoms with Gasteiger partial charge in [0.25, 0.3) is 5.91 Å². The van der Waals surface area contributed by atoms with Crippen LogP contribution >= 0.6 is 0 Å². The fraction of sp³-hybridized carbons (Fsp3) is 0.435. The number of nitrogens with one attached hydrogen (secondary N) is 2. The van der Waals surface area contributed by atoms with Crippen molar-refractivity contribution in [1.29, 1.82) is 0 Å². The number of rotatable bonds is 9. The van der Waals surface area contributed by atoms with E-state index in [1.807, 2.05) is 20.9 Å². The predicted octanol–water partition coefficient (Wildman–Crippen LogP) is 2.49. The molecule has 2 N–H and O–H groups in total. The zero-order valence-electron chi connectivity index (χ0n) is 18.8. The number of quaternary nitrogens is 1. The largest absolute Gasteiger partial charge is 0.326 e. The van der Waals surface area contributed by atoms with Gasteiger partial charge < -0.3 is 10.2 Å². The summed E-state index contributed by atoms with van der Waals surface area (Å²) >= 11 is 0. The number of carbonyl (C=O) groups excluding carboxylic acids is 1. The van der Waals surface area contributed by atoms with Crippen LogP contribution < -0.4 is 10.2 Å². The Kier molecular flexibility index (Phi) is 8.18. The van der Waals surface area contributed by atoms with Gasteiger partial charge in [0.05, 0.1) is 11.9 Å². The maximum Gasteiger partial charge on any atom is 0.279 e. The van der Waals surface area contributed by atoms with E-state index < -0.39 is 10.0 Å². The number of hydrogen-bond donors (Lipinski definition) is 2. The molecule has 2 aromatic rings. The van der Waals surface area contributed by atoms with Crippen LogP contribution in [0.1, 0.15) is 44.7 Å². The molecule has 30 heavy (non-hydrogen) atoms. The van der Waals surface area contributed by atoms with E-state index in [1.54, 1.807) is 19.2 Å². The summed E-state index contributed by atoms with van der Waals surface area (Å²) < 4.78 is 26.4. The molecule has 0 saturated carbocycles. The number of sulfonamides is 1. The lowest BCUT2D eigenvalue weighted by Crippen LogP contribution is -3.08. The van der Waals surface area contributed by atoms with Crippen molar-refractivity contribution in [3.05, 3.63) is 59.7 Å². The van der Waals surface area contributed by atoms with Gasteiger partial charge in [-0.3, -0.25) is 4.79 Å². The molecule has 6 nitrogen and oxygen atoms in total. The Hall–Kier alpha value is -2.22. The van der Waals surface area contributed by atoms with Gasteiger partial charge in [0.1, 0.15) is 6.54 Å². The van der Waals surface area contributed by atoms with Crippen LogP contribution in [0.3, 0.4) is 0 Å². The number of carbonyl (C=O) groups is 1. The lowest BCUT2D eigenvalue weighted by Gasteiger charge is -2.21. The minimum absolute atomic E-state index is 0.110. The monoisotopic (exact) mass is 432 g/mol. The van der Waals surface area contributed by atoms with Gasteiger partial charge in [-0.2, -0.15) is 4.31 Å². The molecule has 0 aliphatic heterocycles. The maximum absolute atomic E-state index is 12.5. The van der Waals surface area contributed by atoms with Crippen molar-refractivity contribution in [1.82, 2.24) is 4.31 Å². The molecular weight excluding hydrogens is 398 g/mol. The van der Waals surface area contributed by atoms with Crippen molar-refractivity contribution in [3.63, 3.8) is 0 Å². The van der Waals surface area contributed by atoms with E-state index in [-0.39, 0.29) is 16.8 Å². The highest BCUT2D eigenvalue weighted by Crippen LogP contribution is 2.19. The third-order valence-electron chi connectivity index (χ3n) is 5.16. The molecule has 0 aliphatic carbocycles. The third-order valence-corrected chi connectivity index (χ3v) is 7.20. The van der Waals surface area contributed by atoms with E-state index in [4.69, 9.17) is 0 Å². The summed E-state index contributed by atoms with van der Waals surface area (Å²) in [7, 11) is 0.0106. The van der Waals surface area contributed by atoms with Crippen LogP contribution in [0, 0.1) is 0 Å². The van der Waals surface area contributed by atoms with E-state index in [0.717, 1.165) is 11.4 Å². The average molecular weight is 433 g/mol. The first-order valence-electron chi connectivity index (χ1n) is 10.3. The van der Waals surface area contributed by atoms with Gasteiger partial charge in [-0.15, -0.1) is 0 Å². The second kappa shape index (κ2) is 10.2. The second-order valence-corrected chi connectivity index (χ2v) is 10.4. The molecule has 1 unspecified atom stereocenters. The summed E-state index contributed by atoms with van der Waals surface area (Å²) in [4.78, 5) is 13.7. The van der Waals surface area contributed by atoms with Crippen molar-refractivity contribution >= 4 is 21.6 Å². The van der Waals surface area contributed by atoms with Crippen LogP contribution in [0.4, 0.5) is 5.69 Å². The fourth-order valence-corrected chi connectivity index (χ4v) is 4.43. The maximum atomic E-state index is 12.5. The van der Waals surface area contributed by atoms with Gasteiger partial charge >= 0.3 is 0 Å². The molecule has 0 spiro atoms. The van der Waals surface area contributed by atoms with Crippen LogP contribution in [0.15, 0.2) is 53.4 Å². The number of benzene rings is 2. The van der Waals surface area contributed by atoms with Crippen molar-refractivity contribution in [3.8, 4) is 0 Å². The van der Waals surface area contributed by atoms with Gasteiger partial charge in [0.15, 0.2) is 6.54 Å². The molecule has 2 rings (SSSR count). The van der Waals surface area contributed by atoms with Crippen molar-refractivity contribution in [2.24, 2.45) is 0 Å². The zero-order valence-corrected chi connectivity index (χ0v) is 19.6. The van der Waals surface area contributed by atoms with Gasteiger partial charge in [-0.1, -0.05) is 38.1 Å². The Balaban J connectivity index is 1.93. The molecule has 164 valence electrons. The highest BCUT2D eigenvalue weighted by atomic mass is 32.2. The molecule has 0 aromatic heterocycles. The Morgan fingerprint density at radius 3 is 2.07 bits per heavy atom. The average Bonchev–Trinajstić information content (AvgIpc) is 2.67. The lowest BCUT2D eigenvalue weighted by molar-refractivity contribution is -0.885. The highest BCUT2D eigenvalue weighted by Gasteiger charge is 2.23. The molecule has 0 saturated heterocycles. The van der Waals surface area contributed by atoms with E-state index in [1.165, 1.54) is 27.6 Å². The van der Waals surface area contributed by atoms with Crippen LogP contribution in [0.5, 0.6) is 0 Å². The Labute approximate surface area is 180 Å². The number of anilines is 1. The fourth-order valence-electron chi connectivity index (χ4n) is 3.06. The van der Waals surface area contributed by atoms with E-state index >= 15 is 0 Å². The number of nitrogens with zero attached hydrogens (tertiary/aromatic N) is 1. The van der Waals surface area contributed by atoms with Crippen molar-refractivity contribution in [2.45, 2.75) is 51.1 Å². The van der Waals surface area contributed by atoms with E-state index in [2.05, 4.69) is 43.4 Å². The van der Waals surface area contributed by atoms with E-state index in [9.17, 15) is 13.2 Å². The Morgan fingerprint density at radius 2 is 1.57 bits per heavy atom. The molecule has 2 aromatic carbocycles. The summed E-state index contributed by atoms with van der Waals surface area (Å²) in [6.45, 7) is 9.06. The number of hydrogen-bond acceptors (Lipinski definition) is 3. The van der Waals surface area contributed by atoms with Gasteiger partial charge in [0.2, 0.25) is 10.0 Å². The first kappa shape index (κ1) is 24.1. The smallest absolute Gasteiger partial charge is 0.279 e. The molecule has 0 bridgehead atoms. The van der Waals surface area contributed by atoms with Crippen LogP contribution in [0.2, 0.25) is 0 Å². The number of likely N-dealkylation sites (N-methyl/N-ethyl adjacent to an activating group) is 1. The summed E-state index contributed by atoms with van der Waals surface area (Å²) in [5.41, 5.74) is 3.08. The normalized spacial score (nSPS) is 13.1. The zero-order chi connectivity index (χ0) is 22.5. The molecule has 0 heterocycles. The van der Waals surface area contributed by atoms with Gasteiger partial charge in [0, 0.05) is 24.3 Å². The number of amides is 1. The van der Waals surface area contributed by atoms with Crippen LogP contribution in [-0.2, 0) is 21.4 Å². The van der Waals surface area contributed by atoms with Crippen LogP contribution in [-0.4, -0.2) is 45.3 Å². The summed E-state index contributed by atoms with van der Waals surface area (Å²) in [6.07, 6.45) is 0. The quantitative estimate of drug-likeness (QED) is 0.640. The first-order chi connectivity index (χ1) is 14.0. The summed E-state index contributed by atoms with van der Waals surface area (Å²) in [5.74, 6) is 0.392. The first-order valence-corrected chi connectivity index (χ1v) is 11.7. The molecule has 0 fully saturated rings. The molecule has 1 atom stereocenters. The lowest BCUT2D eigenvalue weighted by atomic mass is 10.0. The van der Waals surface area contributed by atoms with Gasteiger partial charge in [-0.05, 0) is 49.6 Å². The van der Waals surface area contributed by atoms with Crippen molar-refractivity contribution in [2.75, 3.05) is 26.0 Å². The second-order valence-electron chi connectivity index (χ2n) is 8.39. The SMILES string of the molecule is CC(C)c1ccc(C[NH+](C)CC(=O)Nc2ccc(S(=O)(=O)N(C)C(C)C)cc2)cc1. The molecular formula is C23H34N3O3S+. The molecule has 7 heteroatoms. The van der Waals surface area contributed by atoms with Crippen molar-refractivity contribution < 1.29 is 18.1 Å². The topological polar surface area (TPSA) is 70.9 Å². The molecule has 1 amide bonds. The predicted molar refractivity (Wildman–Crippen MR) is 121 cm³/mol. The van der Waals surface area contributed by atoms with E-state index in [0.29, 0.717) is 18.2 Å². The third kappa shape index (κ3) is 6.39. The minimum Gasteiger partial charge on any atom is -0.326 e. The highest BCUT2D eigenvalue weighted by molar-refractivity contribution is 7.89. The van der Waals surface area contributed by atoms with Gasteiger partial charge in [-0.25, -0.2) is 8.42 Å². The summed E-state index contributed by atoms with van der Waals surface area (Å²) in [6, 6.07) is 14.7. The molecule has 0 aliphatic rings.